The topological polar surface area (TPSA) is 69.4 Å². The molecule has 96 valence electrons. The van der Waals surface area contributed by atoms with Gasteiger partial charge in [0.15, 0.2) is 0 Å². The van der Waals surface area contributed by atoms with Gasteiger partial charge in [0.2, 0.25) is 5.91 Å². The van der Waals surface area contributed by atoms with Crippen LogP contribution in [0.2, 0.25) is 0 Å². The number of carbonyl (C=O) groups excluding carboxylic acids is 2. The van der Waals surface area contributed by atoms with Crippen molar-refractivity contribution < 1.29 is 14.3 Å². The van der Waals surface area contributed by atoms with Crippen molar-refractivity contribution in [1.82, 2.24) is 0 Å². The SMILES string of the molecule is CCOC(=O)c1cccc2c1CCCC2C(N)=O. The molecule has 0 aromatic heterocycles. The maximum Gasteiger partial charge on any atom is 0.338 e. The molecule has 0 spiro atoms. The van der Waals surface area contributed by atoms with E-state index >= 15 is 0 Å². The second kappa shape index (κ2) is 5.21. The standard InChI is InChI=1S/C14H17NO3/c1-2-18-14(17)12-8-4-5-9-10(12)6-3-7-11(9)13(15)16/h4-5,8,11H,2-3,6-7H2,1H3,(H2,15,16). The Bertz CT molecular complexity index is 482. The lowest BCUT2D eigenvalue weighted by molar-refractivity contribution is -0.119. The van der Waals surface area contributed by atoms with Crippen molar-refractivity contribution in [3.05, 3.63) is 34.9 Å². The van der Waals surface area contributed by atoms with Gasteiger partial charge in [-0.1, -0.05) is 12.1 Å². The van der Waals surface area contributed by atoms with Gasteiger partial charge in [-0.25, -0.2) is 4.79 Å². The summed E-state index contributed by atoms with van der Waals surface area (Å²) in [5, 5.41) is 0. The maximum atomic E-state index is 11.9. The fourth-order valence-electron chi connectivity index (χ4n) is 2.54. The highest BCUT2D eigenvalue weighted by molar-refractivity contribution is 5.93. The van der Waals surface area contributed by atoms with E-state index in [-0.39, 0.29) is 17.8 Å². The molecular weight excluding hydrogens is 230 g/mol. The quantitative estimate of drug-likeness (QED) is 0.827. The molecule has 0 bridgehead atoms. The van der Waals surface area contributed by atoms with E-state index in [0.29, 0.717) is 12.2 Å². The first-order valence-electron chi connectivity index (χ1n) is 6.23. The molecule has 4 nitrogen and oxygen atoms in total. The van der Waals surface area contributed by atoms with Crippen LogP contribution in [0.5, 0.6) is 0 Å². The van der Waals surface area contributed by atoms with Crippen molar-refractivity contribution in [3.63, 3.8) is 0 Å². The van der Waals surface area contributed by atoms with Gasteiger partial charge in [-0.05, 0) is 43.4 Å². The number of esters is 1. The number of fused-ring (bicyclic) bond motifs is 1. The molecule has 0 aliphatic heterocycles. The van der Waals surface area contributed by atoms with Gasteiger partial charge < -0.3 is 10.5 Å². The van der Waals surface area contributed by atoms with Crippen LogP contribution in [0.25, 0.3) is 0 Å². The summed E-state index contributed by atoms with van der Waals surface area (Å²) in [5.41, 5.74) is 7.79. The average Bonchev–Trinajstić information content (AvgIpc) is 2.37. The molecule has 1 unspecified atom stereocenters. The van der Waals surface area contributed by atoms with E-state index in [9.17, 15) is 9.59 Å². The van der Waals surface area contributed by atoms with E-state index in [4.69, 9.17) is 10.5 Å². The first-order valence-corrected chi connectivity index (χ1v) is 6.23. The van der Waals surface area contributed by atoms with Crippen molar-refractivity contribution in [3.8, 4) is 0 Å². The van der Waals surface area contributed by atoms with Gasteiger partial charge in [-0.3, -0.25) is 4.79 Å². The molecule has 0 radical (unpaired) electrons. The summed E-state index contributed by atoms with van der Waals surface area (Å²) in [5.74, 6) is -0.917. The Morgan fingerprint density at radius 2 is 2.22 bits per heavy atom. The number of ether oxygens (including phenoxy) is 1. The van der Waals surface area contributed by atoms with E-state index in [1.54, 1.807) is 19.1 Å². The minimum absolute atomic E-state index is 0.275. The van der Waals surface area contributed by atoms with Crippen LogP contribution >= 0.6 is 0 Å². The van der Waals surface area contributed by atoms with Crippen LogP contribution in [0, 0.1) is 0 Å². The molecular formula is C14H17NO3. The number of primary amides is 1. The molecule has 18 heavy (non-hydrogen) atoms. The summed E-state index contributed by atoms with van der Waals surface area (Å²) in [6.45, 7) is 2.13. The second-order valence-electron chi connectivity index (χ2n) is 4.44. The predicted octanol–water partition coefficient (Wildman–Crippen LogP) is 1.77. The summed E-state index contributed by atoms with van der Waals surface area (Å²) in [7, 11) is 0. The lowest BCUT2D eigenvalue weighted by Crippen LogP contribution is -2.26. The zero-order chi connectivity index (χ0) is 13.1. The van der Waals surface area contributed by atoms with E-state index in [1.165, 1.54) is 0 Å². The molecule has 4 heteroatoms. The van der Waals surface area contributed by atoms with Crippen molar-refractivity contribution >= 4 is 11.9 Å². The fourth-order valence-corrected chi connectivity index (χ4v) is 2.54. The molecule has 1 aromatic carbocycles. The molecule has 0 fully saturated rings. The molecule has 2 N–H and O–H groups in total. The highest BCUT2D eigenvalue weighted by Gasteiger charge is 2.27. The van der Waals surface area contributed by atoms with Gasteiger partial charge in [-0.15, -0.1) is 0 Å². The number of hydrogen-bond acceptors (Lipinski definition) is 3. The molecule has 1 aliphatic rings. The van der Waals surface area contributed by atoms with Gasteiger partial charge in [0.25, 0.3) is 0 Å². The third-order valence-electron chi connectivity index (χ3n) is 3.35. The van der Waals surface area contributed by atoms with Crippen LogP contribution in [0.15, 0.2) is 18.2 Å². The molecule has 1 atom stereocenters. The summed E-state index contributed by atoms with van der Waals surface area (Å²) in [6, 6.07) is 5.42. The highest BCUT2D eigenvalue weighted by Crippen LogP contribution is 2.33. The Balaban J connectivity index is 2.43. The number of hydrogen-bond donors (Lipinski definition) is 1. The van der Waals surface area contributed by atoms with Gasteiger partial charge in [0.1, 0.15) is 0 Å². The van der Waals surface area contributed by atoms with Crippen LogP contribution in [0.1, 0.15) is 47.2 Å². The van der Waals surface area contributed by atoms with Crippen molar-refractivity contribution in [2.24, 2.45) is 5.73 Å². The first kappa shape index (κ1) is 12.6. The normalized spacial score (nSPS) is 17.9. The average molecular weight is 247 g/mol. The Morgan fingerprint density at radius 1 is 1.44 bits per heavy atom. The lowest BCUT2D eigenvalue weighted by atomic mass is 9.80. The molecule has 0 saturated heterocycles. The van der Waals surface area contributed by atoms with Crippen LogP contribution in [0.4, 0.5) is 0 Å². The summed E-state index contributed by atoms with van der Waals surface area (Å²) in [6.07, 6.45) is 2.43. The third-order valence-corrected chi connectivity index (χ3v) is 3.35. The molecule has 0 saturated carbocycles. The van der Waals surface area contributed by atoms with Crippen LogP contribution in [-0.4, -0.2) is 18.5 Å². The monoisotopic (exact) mass is 247 g/mol. The molecule has 1 aromatic rings. The third kappa shape index (κ3) is 2.23. The molecule has 0 heterocycles. The van der Waals surface area contributed by atoms with E-state index < -0.39 is 0 Å². The van der Waals surface area contributed by atoms with Crippen LogP contribution in [-0.2, 0) is 16.0 Å². The van der Waals surface area contributed by atoms with E-state index in [2.05, 4.69) is 0 Å². The van der Waals surface area contributed by atoms with Crippen molar-refractivity contribution in [2.75, 3.05) is 6.61 Å². The minimum atomic E-state index is -0.322. The largest absolute Gasteiger partial charge is 0.462 e. The Kier molecular flexibility index (Phi) is 3.65. The smallest absolute Gasteiger partial charge is 0.338 e. The fraction of sp³-hybridized carbons (Fsp3) is 0.429. The Labute approximate surface area is 106 Å². The zero-order valence-electron chi connectivity index (χ0n) is 10.4. The second-order valence-corrected chi connectivity index (χ2v) is 4.44. The van der Waals surface area contributed by atoms with Crippen molar-refractivity contribution in [2.45, 2.75) is 32.1 Å². The number of benzene rings is 1. The number of carbonyl (C=O) groups is 2. The minimum Gasteiger partial charge on any atom is -0.462 e. The summed E-state index contributed by atoms with van der Waals surface area (Å²) < 4.78 is 5.03. The Hall–Kier alpha value is -1.84. The molecule has 2 rings (SSSR count). The lowest BCUT2D eigenvalue weighted by Gasteiger charge is -2.24. The maximum absolute atomic E-state index is 11.9. The number of nitrogens with two attached hydrogens (primary N) is 1. The van der Waals surface area contributed by atoms with Gasteiger partial charge in [-0.2, -0.15) is 0 Å². The summed E-state index contributed by atoms with van der Waals surface area (Å²) >= 11 is 0. The van der Waals surface area contributed by atoms with Gasteiger partial charge in [0, 0.05) is 0 Å². The van der Waals surface area contributed by atoms with Crippen LogP contribution in [0.3, 0.4) is 0 Å². The van der Waals surface area contributed by atoms with Gasteiger partial charge in [0.05, 0.1) is 18.1 Å². The van der Waals surface area contributed by atoms with Crippen molar-refractivity contribution in [1.29, 1.82) is 0 Å². The van der Waals surface area contributed by atoms with Gasteiger partial charge >= 0.3 is 5.97 Å². The van der Waals surface area contributed by atoms with Crippen LogP contribution < -0.4 is 5.73 Å². The highest BCUT2D eigenvalue weighted by atomic mass is 16.5. The van der Waals surface area contributed by atoms with E-state index in [0.717, 1.165) is 30.4 Å². The first-order chi connectivity index (χ1) is 8.65. The number of amides is 1. The molecule has 1 aliphatic carbocycles. The molecule has 1 amide bonds. The summed E-state index contributed by atoms with van der Waals surface area (Å²) in [4.78, 5) is 23.3. The zero-order valence-corrected chi connectivity index (χ0v) is 10.4. The Morgan fingerprint density at radius 3 is 2.89 bits per heavy atom. The van der Waals surface area contributed by atoms with E-state index in [1.807, 2.05) is 6.07 Å². The predicted molar refractivity (Wildman–Crippen MR) is 67.3 cm³/mol. The number of rotatable bonds is 3.